The number of hydrogen-bond donors (Lipinski definition) is 1. The molecule has 132 valence electrons. The Kier molecular flexibility index (Phi) is 9.38. The fraction of sp³-hybridized carbons (Fsp3) is 0.238. The zero-order valence-electron chi connectivity index (χ0n) is 14.6. The van der Waals surface area contributed by atoms with Crippen molar-refractivity contribution in [3.63, 3.8) is 0 Å². The lowest BCUT2D eigenvalue weighted by molar-refractivity contribution is -0.139. The largest absolute Gasteiger partial charge is 0.481 e. The number of rotatable bonds is 6. The maximum absolute atomic E-state index is 11.3. The van der Waals surface area contributed by atoms with Crippen molar-refractivity contribution in [2.45, 2.75) is 26.7 Å². The van der Waals surface area contributed by atoms with E-state index in [4.69, 9.17) is 9.84 Å². The minimum Gasteiger partial charge on any atom is -0.481 e. The first-order chi connectivity index (χ1) is 12.0. The van der Waals surface area contributed by atoms with Crippen molar-refractivity contribution in [2.24, 2.45) is 0 Å². The van der Waals surface area contributed by atoms with Crippen molar-refractivity contribution in [3.05, 3.63) is 83.4 Å². The number of allylic oxidation sites excluding steroid dienone is 1. The molecule has 0 amide bonds. The lowest BCUT2D eigenvalue weighted by Gasteiger charge is -2.04. The Labute approximate surface area is 148 Å². The Morgan fingerprint density at radius 3 is 1.96 bits per heavy atom. The molecule has 0 radical (unpaired) electrons. The van der Waals surface area contributed by atoms with Gasteiger partial charge in [-0.15, -0.1) is 0 Å². The Hall–Kier alpha value is -2.88. The molecule has 0 saturated heterocycles. The lowest BCUT2D eigenvalue weighted by atomic mass is 10.2. The molecule has 4 nitrogen and oxygen atoms in total. The van der Waals surface area contributed by atoms with Crippen LogP contribution in [0.3, 0.4) is 0 Å². The highest BCUT2D eigenvalue weighted by Gasteiger charge is 2.03. The summed E-state index contributed by atoms with van der Waals surface area (Å²) in [6, 6.07) is 19.1. The van der Waals surface area contributed by atoms with Gasteiger partial charge >= 0.3 is 11.9 Å². The van der Waals surface area contributed by atoms with E-state index >= 15 is 0 Å². The van der Waals surface area contributed by atoms with Crippen LogP contribution >= 0.6 is 0 Å². The molecule has 0 aliphatic heterocycles. The predicted octanol–water partition coefficient (Wildman–Crippen LogP) is 4.05. The Balaban J connectivity index is 0.000000271. The molecule has 0 atom stereocenters. The summed E-state index contributed by atoms with van der Waals surface area (Å²) in [5.74, 6) is -1.01. The van der Waals surface area contributed by atoms with Crippen LogP contribution in [0.2, 0.25) is 0 Å². The number of hydrogen-bond acceptors (Lipinski definition) is 3. The molecule has 0 aliphatic carbocycles. The Bertz CT molecular complexity index is 676. The van der Waals surface area contributed by atoms with Crippen LogP contribution in [0.15, 0.2) is 72.3 Å². The Morgan fingerprint density at radius 2 is 1.48 bits per heavy atom. The van der Waals surface area contributed by atoms with Crippen molar-refractivity contribution in [3.8, 4) is 0 Å². The van der Waals surface area contributed by atoms with E-state index in [0.717, 1.165) is 12.0 Å². The summed E-state index contributed by atoms with van der Waals surface area (Å²) in [4.78, 5) is 21.4. The molecule has 25 heavy (non-hydrogen) atoms. The third-order valence-electron chi connectivity index (χ3n) is 3.42. The van der Waals surface area contributed by atoms with Gasteiger partial charge in [0.1, 0.15) is 0 Å². The smallest absolute Gasteiger partial charge is 0.333 e. The van der Waals surface area contributed by atoms with Crippen LogP contribution in [-0.4, -0.2) is 23.7 Å². The number of carboxylic acid groups (broad SMARTS) is 1. The molecular formula is C21H24O4. The second-order valence-electron chi connectivity index (χ2n) is 5.40. The number of ether oxygens (including phenoxy) is 1. The van der Waals surface area contributed by atoms with Gasteiger partial charge in [0.05, 0.1) is 13.0 Å². The third-order valence-corrected chi connectivity index (χ3v) is 3.42. The second kappa shape index (κ2) is 11.6. The molecule has 0 bridgehead atoms. The number of benzene rings is 2. The van der Waals surface area contributed by atoms with E-state index in [1.807, 2.05) is 55.5 Å². The fourth-order valence-electron chi connectivity index (χ4n) is 1.91. The normalized spacial score (nSPS) is 10.4. The monoisotopic (exact) mass is 340 g/mol. The number of carbonyl (C=O) groups is 2. The van der Waals surface area contributed by atoms with Crippen molar-refractivity contribution in [2.75, 3.05) is 6.61 Å². The van der Waals surface area contributed by atoms with Gasteiger partial charge in [0.25, 0.3) is 0 Å². The van der Waals surface area contributed by atoms with E-state index < -0.39 is 5.97 Å². The maximum Gasteiger partial charge on any atom is 0.333 e. The summed E-state index contributed by atoms with van der Waals surface area (Å²) in [6.45, 7) is 4.02. The average Bonchev–Trinajstić information content (AvgIpc) is 2.62. The number of carboxylic acids is 1. The van der Waals surface area contributed by atoms with Crippen LogP contribution in [0.25, 0.3) is 0 Å². The minimum atomic E-state index is -0.786. The predicted molar refractivity (Wildman–Crippen MR) is 98.3 cm³/mol. The fourth-order valence-corrected chi connectivity index (χ4v) is 1.91. The quantitative estimate of drug-likeness (QED) is 0.636. The molecule has 4 heteroatoms. The minimum absolute atomic E-state index is 0.112. The molecule has 0 unspecified atom stereocenters. The molecule has 0 heterocycles. The molecule has 0 aromatic heterocycles. The van der Waals surface area contributed by atoms with Crippen LogP contribution in [0.1, 0.15) is 25.0 Å². The highest BCUT2D eigenvalue weighted by molar-refractivity contribution is 5.87. The first-order valence-electron chi connectivity index (χ1n) is 8.12. The van der Waals surface area contributed by atoms with E-state index in [-0.39, 0.29) is 12.4 Å². The van der Waals surface area contributed by atoms with E-state index in [2.05, 4.69) is 0 Å². The topological polar surface area (TPSA) is 63.6 Å². The molecule has 0 spiro atoms. The standard InChI is InChI=1S/C13H16O2.C8H8O2/c1-3-11(2)13(14)15-10-9-12-7-5-4-6-8-12;9-8(10)6-7-4-2-1-3-5-7/h3-8H,9-10H2,1-2H3;1-5H,6H2,(H,9,10)/b11-3+;. The van der Waals surface area contributed by atoms with E-state index in [9.17, 15) is 9.59 Å². The van der Waals surface area contributed by atoms with E-state index in [1.54, 1.807) is 25.1 Å². The van der Waals surface area contributed by atoms with Gasteiger partial charge in [-0.3, -0.25) is 4.79 Å². The van der Waals surface area contributed by atoms with E-state index in [1.165, 1.54) is 5.56 Å². The van der Waals surface area contributed by atoms with Gasteiger partial charge < -0.3 is 9.84 Å². The summed E-state index contributed by atoms with van der Waals surface area (Å²) >= 11 is 0. The summed E-state index contributed by atoms with van der Waals surface area (Å²) in [5, 5.41) is 8.37. The lowest BCUT2D eigenvalue weighted by Crippen LogP contribution is -2.08. The van der Waals surface area contributed by atoms with E-state index in [0.29, 0.717) is 12.2 Å². The molecule has 2 aromatic carbocycles. The zero-order valence-corrected chi connectivity index (χ0v) is 14.6. The zero-order chi connectivity index (χ0) is 18.5. The van der Waals surface area contributed by atoms with Crippen molar-refractivity contribution in [1.82, 2.24) is 0 Å². The highest BCUT2D eigenvalue weighted by atomic mass is 16.5. The van der Waals surface area contributed by atoms with Gasteiger partial charge in [-0.05, 0) is 25.0 Å². The molecule has 2 aromatic rings. The summed E-state index contributed by atoms with van der Waals surface area (Å²) in [7, 11) is 0. The summed E-state index contributed by atoms with van der Waals surface area (Å²) in [6.07, 6.45) is 2.63. The first kappa shape index (κ1) is 20.2. The van der Waals surface area contributed by atoms with Gasteiger partial charge in [0.15, 0.2) is 0 Å². The third kappa shape index (κ3) is 9.11. The number of esters is 1. The molecule has 0 aliphatic rings. The van der Waals surface area contributed by atoms with Gasteiger partial charge in [-0.2, -0.15) is 0 Å². The van der Waals surface area contributed by atoms with Gasteiger partial charge in [0.2, 0.25) is 0 Å². The number of aliphatic carboxylic acids is 1. The number of carbonyl (C=O) groups excluding carboxylic acids is 1. The van der Waals surface area contributed by atoms with Crippen LogP contribution in [0.4, 0.5) is 0 Å². The van der Waals surface area contributed by atoms with Crippen molar-refractivity contribution < 1.29 is 19.4 Å². The molecule has 2 rings (SSSR count). The molecular weight excluding hydrogens is 316 g/mol. The van der Waals surface area contributed by atoms with Crippen molar-refractivity contribution >= 4 is 11.9 Å². The van der Waals surface area contributed by atoms with Crippen LogP contribution < -0.4 is 0 Å². The van der Waals surface area contributed by atoms with Crippen molar-refractivity contribution in [1.29, 1.82) is 0 Å². The highest BCUT2D eigenvalue weighted by Crippen LogP contribution is 2.02. The maximum atomic E-state index is 11.3. The van der Waals surface area contributed by atoms with Crippen LogP contribution in [0, 0.1) is 0 Å². The second-order valence-corrected chi connectivity index (χ2v) is 5.40. The van der Waals surface area contributed by atoms with Crippen LogP contribution in [0.5, 0.6) is 0 Å². The SMILES string of the molecule is C/C=C(\C)C(=O)OCCc1ccccc1.O=C(O)Cc1ccccc1. The van der Waals surface area contributed by atoms with Gasteiger partial charge in [-0.1, -0.05) is 66.7 Å². The Morgan fingerprint density at radius 1 is 0.960 bits per heavy atom. The van der Waals surface area contributed by atoms with Gasteiger partial charge in [0, 0.05) is 12.0 Å². The van der Waals surface area contributed by atoms with Crippen LogP contribution in [-0.2, 0) is 27.2 Å². The average molecular weight is 340 g/mol. The summed E-state index contributed by atoms with van der Waals surface area (Å²) < 4.78 is 5.09. The summed E-state index contributed by atoms with van der Waals surface area (Å²) in [5.41, 5.74) is 2.68. The van der Waals surface area contributed by atoms with Gasteiger partial charge in [-0.25, -0.2) is 4.79 Å². The molecule has 0 fully saturated rings. The molecule has 0 saturated carbocycles. The molecule has 1 N–H and O–H groups in total. The first-order valence-corrected chi connectivity index (χ1v) is 8.12.